The lowest BCUT2D eigenvalue weighted by Crippen LogP contribution is -2.41. The number of amides is 1. The van der Waals surface area contributed by atoms with E-state index in [9.17, 15) is 4.79 Å². The first-order valence-electron chi connectivity index (χ1n) is 4.94. The van der Waals surface area contributed by atoms with E-state index in [0.717, 1.165) is 25.9 Å². The van der Waals surface area contributed by atoms with E-state index in [1.54, 1.807) is 0 Å². The molecule has 1 heterocycles. The molecule has 0 bridgehead atoms. The molecule has 0 saturated carbocycles. The third-order valence-corrected chi connectivity index (χ3v) is 2.27. The van der Waals surface area contributed by atoms with Gasteiger partial charge in [0.2, 0.25) is 5.91 Å². The standard InChI is InChI=1S/C9H18N2O2/c12-7-4-10-8-9(13)11-5-2-1-3-6-11/h10,12H,1-8H2. The average molecular weight is 186 g/mol. The first-order chi connectivity index (χ1) is 6.34. The molecule has 2 N–H and O–H groups in total. The Morgan fingerprint density at radius 3 is 2.62 bits per heavy atom. The molecule has 4 heteroatoms. The summed E-state index contributed by atoms with van der Waals surface area (Å²) in [6, 6.07) is 0. The maximum atomic E-state index is 11.5. The van der Waals surface area contributed by atoms with Crippen molar-refractivity contribution in [2.24, 2.45) is 0 Å². The fourth-order valence-electron chi connectivity index (χ4n) is 1.53. The number of aliphatic hydroxyl groups is 1. The summed E-state index contributed by atoms with van der Waals surface area (Å²) in [7, 11) is 0. The van der Waals surface area contributed by atoms with Crippen molar-refractivity contribution >= 4 is 5.91 Å². The van der Waals surface area contributed by atoms with Crippen molar-refractivity contribution in [3.8, 4) is 0 Å². The number of likely N-dealkylation sites (tertiary alicyclic amines) is 1. The van der Waals surface area contributed by atoms with Gasteiger partial charge in [0.05, 0.1) is 13.2 Å². The molecule has 0 aromatic carbocycles. The Labute approximate surface area is 78.9 Å². The highest BCUT2D eigenvalue weighted by molar-refractivity contribution is 5.78. The van der Waals surface area contributed by atoms with Crippen molar-refractivity contribution in [3.05, 3.63) is 0 Å². The van der Waals surface area contributed by atoms with Gasteiger partial charge in [0.25, 0.3) is 0 Å². The van der Waals surface area contributed by atoms with Crippen LogP contribution in [0.25, 0.3) is 0 Å². The summed E-state index contributed by atoms with van der Waals surface area (Å²) in [5.41, 5.74) is 0. The second kappa shape index (κ2) is 5.94. The molecule has 0 aromatic rings. The highest BCUT2D eigenvalue weighted by Gasteiger charge is 2.15. The smallest absolute Gasteiger partial charge is 0.236 e. The van der Waals surface area contributed by atoms with Crippen molar-refractivity contribution in [2.45, 2.75) is 19.3 Å². The molecule has 4 nitrogen and oxygen atoms in total. The number of hydrogen-bond acceptors (Lipinski definition) is 3. The molecule has 13 heavy (non-hydrogen) atoms. The van der Waals surface area contributed by atoms with Gasteiger partial charge in [-0.1, -0.05) is 0 Å². The number of carbonyl (C=O) groups is 1. The van der Waals surface area contributed by atoms with Crippen LogP contribution in [0.4, 0.5) is 0 Å². The zero-order valence-electron chi connectivity index (χ0n) is 7.96. The number of carbonyl (C=O) groups excluding carboxylic acids is 1. The maximum Gasteiger partial charge on any atom is 0.236 e. The molecular formula is C9H18N2O2. The number of aliphatic hydroxyl groups excluding tert-OH is 1. The van der Waals surface area contributed by atoms with Crippen molar-refractivity contribution < 1.29 is 9.90 Å². The minimum absolute atomic E-state index is 0.0906. The summed E-state index contributed by atoms with van der Waals surface area (Å²) < 4.78 is 0. The van der Waals surface area contributed by atoms with Gasteiger partial charge >= 0.3 is 0 Å². The van der Waals surface area contributed by atoms with Crippen LogP contribution in [-0.4, -0.2) is 48.7 Å². The minimum atomic E-state index is 0.0906. The van der Waals surface area contributed by atoms with Crippen molar-refractivity contribution in [1.29, 1.82) is 0 Å². The molecule has 0 spiro atoms. The number of nitrogens with one attached hydrogen (secondary N) is 1. The van der Waals surface area contributed by atoms with Crippen molar-refractivity contribution in [1.82, 2.24) is 10.2 Å². The minimum Gasteiger partial charge on any atom is -0.395 e. The van der Waals surface area contributed by atoms with Crippen molar-refractivity contribution in [2.75, 3.05) is 32.8 Å². The van der Waals surface area contributed by atoms with E-state index >= 15 is 0 Å². The maximum absolute atomic E-state index is 11.5. The summed E-state index contributed by atoms with van der Waals surface area (Å²) in [4.78, 5) is 13.4. The zero-order valence-corrected chi connectivity index (χ0v) is 7.96. The summed E-state index contributed by atoms with van der Waals surface area (Å²) in [5.74, 6) is 0.160. The van der Waals surface area contributed by atoms with E-state index in [1.165, 1.54) is 6.42 Å². The summed E-state index contributed by atoms with van der Waals surface area (Å²) >= 11 is 0. The van der Waals surface area contributed by atoms with Crippen LogP contribution >= 0.6 is 0 Å². The van der Waals surface area contributed by atoms with Crippen LogP contribution in [0.1, 0.15) is 19.3 Å². The molecule has 0 unspecified atom stereocenters. The normalized spacial score (nSPS) is 17.5. The SMILES string of the molecule is O=C(CNCCO)N1CCCCC1. The molecule has 1 saturated heterocycles. The molecule has 0 atom stereocenters. The molecule has 0 aromatic heterocycles. The van der Waals surface area contributed by atoms with Crippen LogP contribution in [0, 0.1) is 0 Å². The van der Waals surface area contributed by atoms with Gasteiger partial charge in [0.1, 0.15) is 0 Å². The van der Waals surface area contributed by atoms with Gasteiger partial charge in [-0.25, -0.2) is 0 Å². The lowest BCUT2D eigenvalue weighted by Gasteiger charge is -2.26. The molecule has 1 aliphatic heterocycles. The molecular weight excluding hydrogens is 168 g/mol. The van der Waals surface area contributed by atoms with Gasteiger partial charge in [-0.15, -0.1) is 0 Å². The van der Waals surface area contributed by atoms with E-state index in [2.05, 4.69) is 5.32 Å². The number of piperidine rings is 1. The highest BCUT2D eigenvalue weighted by atomic mass is 16.3. The molecule has 0 radical (unpaired) electrons. The largest absolute Gasteiger partial charge is 0.395 e. The van der Waals surface area contributed by atoms with Gasteiger partial charge in [-0.3, -0.25) is 4.79 Å². The van der Waals surface area contributed by atoms with Crippen LogP contribution in [0.3, 0.4) is 0 Å². The molecule has 1 fully saturated rings. The Hall–Kier alpha value is -0.610. The Kier molecular flexibility index (Phi) is 4.78. The van der Waals surface area contributed by atoms with E-state index < -0.39 is 0 Å². The van der Waals surface area contributed by atoms with Gasteiger partial charge < -0.3 is 15.3 Å². The number of hydrogen-bond donors (Lipinski definition) is 2. The lowest BCUT2D eigenvalue weighted by atomic mass is 10.1. The molecule has 76 valence electrons. The highest BCUT2D eigenvalue weighted by Crippen LogP contribution is 2.07. The Balaban J connectivity index is 2.13. The first-order valence-corrected chi connectivity index (χ1v) is 4.94. The Morgan fingerprint density at radius 2 is 2.00 bits per heavy atom. The second-order valence-electron chi connectivity index (χ2n) is 3.34. The van der Waals surface area contributed by atoms with Crippen LogP contribution in [0.15, 0.2) is 0 Å². The average Bonchev–Trinajstić information content (AvgIpc) is 2.19. The monoisotopic (exact) mass is 186 g/mol. The zero-order chi connectivity index (χ0) is 9.52. The summed E-state index contributed by atoms with van der Waals surface area (Å²) in [6.45, 7) is 2.76. The topological polar surface area (TPSA) is 52.6 Å². The third kappa shape index (κ3) is 3.74. The van der Waals surface area contributed by atoms with Crippen LogP contribution in [0.2, 0.25) is 0 Å². The second-order valence-corrected chi connectivity index (χ2v) is 3.34. The summed E-state index contributed by atoms with van der Waals surface area (Å²) in [6.07, 6.45) is 3.51. The summed E-state index contributed by atoms with van der Waals surface area (Å²) in [5, 5.41) is 11.4. The van der Waals surface area contributed by atoms with Crippen molar-refractivity contribution in [3.63, 3.8) is 0 Å². The first kappa shape index (κ1) is 10.5. The molecule has 1 aliphatic rings. The fourth-order valence-corrected chi connectivity index (χ4v) is 1.53. The van der Waals surface area contributed by atoms with Crippen LogP contribution < -0.4 is 5.32 Å². The quantitative estimate of drug-likeness (QED) is 0.586. The van der Waals surface area contributed by atoms with Crippen LogP contribution in [0.5, 0.6) is 0 Å². The Morgan fingerprint density at radius 1 is 1.31 bits per heavy atom. The number of rotatable bonds is 4. The van der Waals surface area contributed by atoms with Gasteiger partial charge in [0.15, 0.2) is 0 Å². The van der Waals surface area contributed by atoms with E-state index in [-0.39, 0.29) is 12.5 Å². The third-order valence-electron chi connectivity index (χ3n) is 2.27. The fraction of sp³-hybridized carbons (Fsp3) is 0.889. The molecule has 1 amide bonds. The number of nitrogens with zero attached hydrogens (tertiary/aromatic N) is 1. The van der Waals surface area contributed by atoms with Gasteiger partial charge in [0, 0.05) is 19.6 Å². The predicted octanol–water partition coefficient (Wildman–Crippen LogP) is -0.419. The lowest BCUT2D eigenvalue weighted by molar-refractivity contribution is -0.131. The molecule has 0 aliphatic carbocycles. The van der Waals surface area contributed by atoms with E-state index in [0.29, 0.717) is 13.1 Å². The van der Waals surface area contributed by atoms with Gasteiger partial charge in [-0.2, -0.15) is 0 Å². The van der Waals surface area contributed by atoms with Gasteiger partial charge in [-0.05, 0) is 19.3 Å². The molecule has 1 rings (SSSR count). The predicted molar refractivity (Wildman–Crippen MR) is 50.4 cm³/mol. The van der Waals surface area contributed by atoms with Crippen LogP contribution in [-0.2, 0) is 4.79 Å². The Bertz CT molecular complexity index is 156. The van der Waals surface area contributed by atoms with E-state index in [4.69, 9.17) is 5.11 Å². The van der Waals surface area contributed by atoms with E-state index in [1.807, 2.05) is 4.90 Å².